The quantitative estimate of drug-likeness (QED) is 0.652. The maximum absolute atomic E-state index is 12.2. The minimum Gasteiger partial charge on any atom is -0.493 e. The maximum atomic E-state index is 12.2. The van der Waals surface area contributed by atoms with Gasteiger partial charge in [0.15, 0.2) is 17.3 Å². The van der Waals surface area contributed by atoms with Crippen LogP contribution in [0.3, 0.4) is 0 Å². The van der Waals surface area contributed by atoms with Gasteiger partial charge in [0, 0.05) is 42.3 Å². The van der Waals surface area contributed by atoms with E-state index in [1.54, 1.807) is 43.4 Å². The first-order valence-electron chi connectivity index (χ1n) is 8.33. The fourth-order valence-corrected chi connectivity index (χ4v) is 2.62. The van der Waals surface area contributed by atoms with Gasteiger partial charge in [-0.05, 0) is 24.3 Å². The number of amides is 1. The van der Waals surface area contributed by atoms with Gasteiger partial charge in [0.25, 0.3) is 0 Å². The molecule has 138 valence electrons. The molecular weight excluding hydrogens is 344 g/mol. The highest BCUT2D eigenvalue weighted by Gasteiger charge is 2.09. The summed E-state index contributed by atoms with van der Waals surface area (Å²) in [5, 5.41) is 7.05. The van der Waals surface area contributed by atoms with E-state index in [2.05, 4.69) is 15.4 Å². The summed E-state index contributed by atoms with van der Waals surface area (Å²) < 4.78 is 12.3. The molecule has 27 heavy (non-hydrogen) atoms. The Hall–Kier alpha value is -3.61. The molecule has 2 aromatic heterocycles. The molecule has 0 radical (unpaired) electrons. The topological polar surface area (TPSA) is 78.3 Å². The van der Waals surface area contributed by atoms with Crippen molar-refractivity contribution < 1.29 is 14.3 Å². The van der Waals surface area contributed by atoms with E-state index < -0.39 is 0 Å². The van der Waals surface area contributed by atoms with Crippen LogP contribution in [0, 0.1) is 0 Å². The molecular formula is C20H20N4O3. The number of nitrogens with zero attached hydrogens (tertiary/aromatic N) is 3. The molecule has 0 aliphatic rings. The van der Waals surface area contributed by atoms with Crippen LogP contribution in [0.5, 0.6) is 11.5 Å². The summed E-state index contributed by atoms with van der Waals surface area (Å²) in [4.78, 5) is 16.6. The van der Waals surface area contributed by atoms with Crippen molar-refractivity contribution >= 4 is 12.0 Å². The lowest BCUT2D eigenvalue weighted by molar-refractivity contribution is -0.116. The third kappa shape index (κ3) is 4.33. The Morgan fingerprint density at radius 3 is 2.78 bits per heavy atom. The maximum Gasteiger partial charge on any atom is 0.244 e. The molecule has 0 saturated heterocycles. The van der Waals surface area contributed by atoms with Crippen molar-refractivity contribution in [2.75, 3.05) is 14.2 Å². The Morgan fingerprint density at radius 1 is 1.15 bits per heavy atom. The molecule has 0 saturated carbocycles. The monoisotopic (exact) mass is 364 g/mol. The molecule has 0 aliphatic heterocycles. The van der Waals surface area contributed by atoms with Crippen molar-refractivity contribution in [3.8, 4) is 17.3 Å². The molecule has 0 spiro atoms. The summed E-state index contributed by atoms with van der Waals surface area (Å²) in [7, 11) is 3.14. The van der Waals surface area contributed by atoms with Crippen LogP contribution in [-0.2, 0) is 11.3 Å². The summed E-state index contributed by atoms with van der Waals surface area (Å²) in [5.41, 5.74) is 1.62. The van der Waals surface area contributed by atoms with E-state index in [0.29, 0.717) is 23.9 Å². The van der Waals surface area contributed by atoms with Crippen molar-refractivity contribution in [3.63, 3.8) is 0 Å². The lowest BCUT2D eigenvalue weighted by Crippen LogP contribution is -2.21. The Bertz CT molecular complexity index is 936. The highest BCUT2D eigenvalue weighted by atomic mass is 16.5. The van der Waals surface area contributed by atoms with Gasteiger partial charge in [-0.3, -0.25) is 4.79 Å². The third-order valence-electron chi connectivity index (χ3n) is 3.89. The van der Waals surface area contributed by atoms with Crippen molar-refractivity contribution in [1.29, 1.82) is 0 Å². The molecule has 3 aromatic rings. The summed E-state index contributed by atoms with van der Waals surface area (Å²) in [5.74, 6) is 1.65. The van der Waals surface area contributed by atoms with Crippen LogP contribution in [-0.4, -0.2) is 34.9 Å². The summed E-state index contributed by atoms with van der Waals surface area (Å²) in [6.45, 7) is 0.335. The van der Waals surface area contributed by atoms with Crippen LogP contribution >= 0.6 is 0 Å². The van der Waals surface area contributed by atoms with Gasteiger partial charge in [0.2, 0.25) is 5.91 Å². The largest absolute Gasteiger partial charge is 0.493 e. The second kappa shape index (κ2) is 8.66. The molecule has 0 unspecified atom stereocenters. The van der Waals surface area contributed by atoms with E-state index in [9.17, 15) is 4.79 Å². The number of benzene rings is 1. The van der Waals surface area contributed by atoms with Gasteiger partial charge < -0.3 is 14.8 Å². The fraction of sp³-hybridized carbons (Fsp3) is 0.150. The van der Waals surface area contributed by atoms with Crippen molar-refractivity contribution in [2.45, 2.75) is 6.54 Å². The van der Waals surface area contributed by atoms with Gasteiger partial charge in [-0.2, -0.15) is 5.10 Å². The van der Waals surface area contributed by atoms with Crippen LogP contribution in [0.4, 0.5) is 0 Å². The SMILES string of the molecule is COc1cccc(/C=C/C(=O)NCc2cccnc2-n2cccn2)c1OC. The zero-order valence-corrected chi connectivity index (χ0v) is 15.1. The highest BCUT2D eigenvalue weighted by Crippen LogP contribution is 2.31. The van der Waals surface area contributed by atoms with Gasteiger partial charge in [0.1, 0.15) is 0 Å². The molecule has 7 nitrogen and oxygen atoms in total. The van der Waals surface area contributed by atoms with Crippen molar-refractivity contribution in [1.82, 2.24) is 20.1 Å². The van der Waals surface area contributed by atoms with E-state index in [-0.39, 0.29) is 5.91 Å². The normalized spacial score (nSPS) is 10.7. The molecule has 7 heteroatoms. The molecule has 0 atom stereocenters. The summed E-state index contributed by atoms with van der Waals surface area (Å²) >= 11 is 0. The first-order chi connectivity index (χ1) is 13.2. The average Bonchev–Trinajstić information content (AvgIpc) is 3.25. The number of hydrogen-bond acceptors (Lipinski definition) is 5. The van der Waals surface area contributed by atoms with Gasteiger partial charge in [0.05, 0.1) is 14.2 Å². The predicted molar refractivity (Wildman–Crippen MR) is 102 cm³/mol. The number of ether oxygens (including phenoxy) is 2. The Balaban J connectivity index is 1.69. The second-order valence-corrected chi connectivity index (χ2v) is 5.57. The van der Waals surface area contributed by atoms with Gasteiger partial charge in [-0.1, -0.05) is 18.2 Å². The number of rotatable bonds is 7. The zero-order chi connectivity index (χ0) is 19.1. The van der Waals surface area contributed by atoms with E-state index in [0.717, 1.165) is 11.1 Å². The standard InChI is InChI=1S/C20H20N4O3/c1-26-17-8-3-6-15(19(17)27-2)9-10-18(25)22-14-16-7-4-11-21-20(16)24-13-5-12-23-24/h3-13H,14H2,1-2H3,(H,22,25)/b10-9+. The van der Waals surface area contributed by atoms with Crippen LogP contribution in [0.2, 0.25) is 0 Å². The number of aromatic nitrogens is 3. The number of carbonyl (C=O) groups is 1. The highest BCUT2D eigenvalue weighted by molar-refractivity contribution is 5.92. The van der Waals surface area contributed by atoms with E-state index in [1.807, 2.05) is 36.5 Å². The predicted octanol–water partition coefficient (Wildman–Crippen LogP) is 2.61. The summed E-state index contributed by atoms with van der Waals surface area (Å²) in [6, 6.07) is 11.0. The second-order valence-electron chi connectivity index (χ2n) is 5.57. The van der Waals surface area contributed by atoms with Crippen LogP contribution in [0.15, 0.2) is 61.1 Å². The summed E-state index contributed by atoms with van der Waals surface area (Å²) in [6.07, 6.45) is 8.33. The van der Waals surface area contributed by atoms with Gasteiger partial charge in [-0.15, -0.1) is 0 Å². The fourth-order valence-electron chi connectivity index (χ4n) is 2.62. The number of methoxy groups -OCH3 is 2. The van der Waals surface area contributed by atoms with E-state index >= 15 is 0 Å². The lowest BCUT2D eigenvalue weighted by atomic mass is 10.1. The van der Waals surface area contributed by atoms with Crippen LogP contribution in [0.25, 0.3) is 11.9 Å². The van der Waals surface area contributed by atoms with Crippen LogP contribution in [0.1, 0.15) is 11.1 Å². The van der Waals surface area contributed by atoms with Gasteiger partial charge >= 0.3 is 0 Å². The Morgan fingerprint density at radius 2 is 2.04 bits per heavy atom. The lowest BCUT2D eigenvalue weighted by Gasteiger charge is -2.10. The molecule has 0 aliphatic carbocycles. The van der Waals surface area contributed by atoms with Gasteiger partial charge in [-0.25, -0.2) is 9.67 Å². The van der Waals surface area contributed by atoms with Crippen molar-refractivity contribution in [3.05, 3.63) is 72.2 Å². The minimum absolute atomic E-state index is 0.227. The van der Waals surface area contributed by atoms with E-state index in [1.165, 1.54) is 6.08 Å². The molecule has 3 rings (SSSR count). The molecule has 2 heterocycles. The first kappa shape index (κ1) is 18.2. The molecule has 1 N–H and O–H groups in total. The Labute approximate surface area is 157 Å². The smallest absolute Gasteiger partial charge is 0.244 e. The minimum atomic E-state index is -0.227. The number of hydrogen-bond donors (Lipinski definition) is 1. The zero-order valence-electron chi connectivity index (χ0n) is 15.1. The van der Waals surface area contributed by atoms with Crippen molar-refractivity contribution in [2.24, 2.45) is 0 Å². The third-order valence-corrected chi connectivity index (χ3v) is 3.89. The van der Waals surface area contributed by atoms with E-state index in [4.69, 9.17) is 9.47 Å². The molecule has 1 amide bonds. The number of carbonyl (C=O) groups excluding carboxylic acids is 1. The van der Waals surface area contributed by atoms with Crippen LogP contribution < -0.4 is 14.8 Å². The number of pyridine rings is 1. The first-order valence-corrected chi connectivity index (χ1v) is 8.33. The molecule has 0 fully saturated rings. The molecule has 0 bridgehead atoms. The average molecular weight is 364 g/mol. The molecule has 1 aromatic carbocycles. The number of para-hydroxylation sites is 1. The number of nitrogens with one attached hydrogen (secondary N) is 1. The Kier molecular flexibility index (Phi) is 5.84.